The molecule has 0 saturated heterocycles. The molecule has 1 amide bonds. The monoisotopic (exact) mass is 307 g/mol. The van der Waals surface area contributed by atoms with Crippen LogP contribution in [-0.4, -0.2) is 16.1 Å². The third kappa shape index (κ3) is 3.20. The van der Waals surface area contributed by atoms with Gasteiger partial charge in [-0.3, -0.25) is 9.89 Å². The molecule has 0 aliphatic carbocycles. The van der Waals surface area contributed by atoms with Crippen molar-refractivity contribution in [1.29, 1.82) is 0 Å². The third-order valence-electron chi connectivity index (χ3n) is 2.59. The summed E-state index contributed by atoms with van der Waals surface area (Å²) in [6.07, 6.45) is 0.886. The van der Waals surface area contributed by atoms with E-state index in [1.54, 1.807) is 12.1 Å². The number of aryl methyl sites for hydroxylation is 1. The first-order valence-electron chi connectivity index (χ1n) is 5.76. The maximum Gasteiger partial charge on any atom is 0.251 e. The number of hydrogen-bond acceptors (Lipinski definition) is 2. The van der Waals surface area contributed by atoms with Crippen LogP contribution < -0.4 is 5.32 Å². The van der Waals surface area contributed by atoms with E-state index < -0.39 is 0 Å². The first-order valence-corrected chi connectivity index (χ1v) is 6.55. The molecular weight excluding hydrogens is 294 g/mol. The molecule has 0 aliphatic rings. The number of rotatable bonds is 4. The highest BCUT2D eigenvalue weighted by Crippen LogP contribution is 2.10. The van der Waals surface area contributed by atoms with Crippen molar-refractivity contribution < 1.29 is 4.79 Å². The van der Waals surface area contributed by atoms with Crippen LogP contribution in [0.2, 0.25) is 0 Å². The largest absolute Gasteiger partial charge is 0.346 e. The maximum absolute atomic E-state index is 11.8. The molecular formula is C13H14BrN3O. The van der Waals surface area contributed by atoms with Crippen molar-refractivity contribution in [3.63, 3.8) is 0 Å². The lowest BCUT2D eigenvalue weighted by molar-refractivity contribution is 0.0950. The Labute approximate surface area is 114 Å². The molecule has 2 aromatic rings. The molecule has 5 heteroatoms. The summed E-state index contributed by atoms with van der Waals surface area (Å²) >= 11 is 3.34. The summed E-state index contributed by atoms with van der Waals surface area (Å²) in [7, 11) is 0. The van der Waals surface area contributed by atoms with Gasteiger partial charge in [0.15, 0.2) is 0 Å². The molecule has 2 rings (SSSR count). The molecule has 0 fully saturated rings. The topological polar surface area (TPSA) is 57.8 Å². The Morgan fingerprint density at radius 2 is 2.11 bits per heavy atom. The van der Waals surface area contributed by atoms with E-state index >= 15 is 0 Å². The summed E-state index contributed by atoms with van der Waals surface area (Å²) in [6, 6.07) is 9.22. The first-order chi connectivity index (χ1) is 8.69. The van der Waals surface area contributed by atoms with Gasteiger partial charge in [0.25, 0.3) is 5.91 Å². The minimum absolute atomic E-state index is 0.0878. The summed E-state index contributed by atoms with van der Waals surface area (Å²) in [5.74, 6) is -0.0878. The quantitative estimate of drug-likeness (QED) is 0.912. The van der Waals surface area contributed by atoms with Crippen molar-refractivity contribution in [2.75, 3.05) is 0 Å². The number of halogens is 1. The standard InChI is InChI=1S/C13H14BrN3O/c1-2-11-7-12(17-16-11)8-15-13(18)9-3-5-10(14)6-4-9/h3-7H,2,8H2,1H3,(H,15,18)(H,16,17). The number of carbonyl (C=O) groups excluding carboxylic acids is 1. The van der Waals surface area contributed by atoms with E-state index in [1.165, 1.54) is 0 Å². The van der Waals surface area contributed by atoms with E-state index in [0.29, 0.717) is 12.1 Å². The number of aromatic nitrogens is 2. The maximum atomic E-state index is 11.8. The number of benzene rings is 1. The molecule has 1 heterocycles. The van der Waals surface area contributed by atoms with Gasteiger partial charge in [0.2, 0.25) is 0 Å². The number of carbonyl (C=O) groups is 1. The van der Waals surface area contributed by atoms with Crippen molar-refractivity contribution >= 4 is 21.8 Å². The van der Waals surface area contributed by atoms with Gasteiger partial charge in [-0.05, 0) is 36.8 Å². The van der Waals surface area contributed by atoms with Crippen molar-refractivity contribution in [3.05, 3.63) is 51.8 Å². The van der Waals surface area contributed by atoms with Crippen LogP contribution in [-0.2, 0) is 13.0 Å². The van der Waals surface area contributed by atoms with E-state index in [1.807, 2.05) is 25.1 Å². The second-order valence-electron chi connectivity index (χ2n) is 3.93. The molecule has 0 unspecified atom stereocenters. The second kappa shape index (κ2) is 5.82. The second-order valence-corrected chi connectivity index (χ2v) is 4.84. The average Bonchev–Trinajstić information content (AvgIpc) is 2.85. The normalized spacial score (nSPS) is 10.3. The SMILES string of the molecule is CCc1cc(CNC(=O)c2ccc(Br)cc2)[nH]n1. The average molecular weight is 308 g/mol. The van der Waals surface area contributed by atoms with Crippen LogP contribution in [0.5, 0.6) is 0 Å². The predicted molar refractivity (Wildman–Crippen MR) is 73.3 cm³/mol. The van der Waals surface area contributed by atoms with Gasteiger partial charge in [-0.2, -0.15) is 5.10 Å². The van der Waals surface area contributed by atoms with Crippen molar-refractivity contribution in [1.82, 2.24) is 15.5 Å². The Morgan fingerprint density at radius 3 is 2.72 bits per heavy atom. The highest BCUT2D eigenvalue weighted by atomic mass is 79.9. The molecule has 0 saturated carbocycles. The van der Waals surface area contributed by atoms with Crippen LogP contribution in [0.15, 0.2) is 34.8 Å². The van der Waals surface area contributed by atoms with Gasteiger partial charge in [-0.15, -0.1) is 0 Å². The van der Waals surface area contributed by atoms with Crippen molar-refractivity contribution in [3.8, 4) is 0 Å². The Morgan fingerprint density at radius 1 is 1.39 bits per heavy atom. The lowest BCUT2D eigenvalue weighted by atomic mass is 10.2. The fourth-order valence-electron chi connectivity index (χ4n) is 1.56. The van der Waals surface area contributed by atoms with Crippen molar-refractivity contribution in [2.24, 2.45) is 0 Å². The fourth-order valence-corrected chi connectivity index (χ4v) is 1.82. The number of nitrogens with one attached hydrogen (secondary N) is 2. The molecule has 94 valence electrons. The minimum atomic E-state index is -0.0878. The summed E-state index contributed by atoms with van der Waals surface area (Å²) in [4.78, 5) is 11.8. The minimum Gasteiger partial charge on any atom is -0.346 e. The van der Waals surface area contributed by atoms with E-state index in [4.69, 9.17) is 0 Å². The summed E-state index contributed by atoms with van der Waals surface area (Å²) in [5.41, 5.74) is 2.56. The zero-order chi connectivity index (χ0) is 13.0. The van der Waals surface area contributed by atoms with Gasteiger partial charge in [-0.1, -0.05) is 22.9 Å². The zero-order valence-electron chi connectivity index (χ0n) is 10.0. The van der Waals surface area contributed by atoms with Gasteiger partial charge in [0.1, 0.15) is 0 Å². The van der Waals surface area contributed by atoms with Crippen LogP contribution in [0.1, 0.15) is 28.7 Å². The van der Waals surface area contributed by atoms with E-state index in [0.717, 1.165) is 22.3 Å². The Kier molecular flexibility index (Phi) is 4.15. The van der Waals surface area contributed by atoms with Crippen LogP contribution in [0.4, 0.5) is 0 Å². The smallest absolute Gasteiger partial charge is 0.251 e. The van der Waals surface area contributed by atoms with Gasteiger partial charge < -0.3 is 5.32 Å². The molecule has 0 radical (unpaired) electrons. The van der Waals surface area contributed by atoms with Gasteiger partial charge in [0, 0.05) is 10.0 Å². The van der Waals surface area contributed by atoms with Crippen molar-refractivity contribution in [2.45, 2.75) is 19.9 Å². The zero-order valence-corrected chi connectivity index (χ0v) is 11.6. The molecule has 4 nitrogen and oxygen atoms in total. The molecule has 0 bridgehead atoms. The van der Waals surface area contributed by atoms with Crippen LogP contribution in [0, 0.1) is 0 Å². The molecule has 1 aromatic carbocycles. The van der Waals surface area contributed by atoms with Crippen LogP contribution in [0.25, 0.3) is 0 Å². The number of H-pyrrole nitrogens is 1. The van der Waals surface area contributed by atoms with Gasteiger partial charge in [0.05, 0.1) is 17.9 Å². The van der Waals surface area contributed by atoms with Gasteiger partial charge in [-0.25, -0.2) is 0 Å². The molecule has 2 N–H and O–H groups in total. The lowest BCUT2D eigenvalue weighted by Crippen LogP contribution is -2.22. The fraction of sp³-hybridized carbons (Fsp3) is 0.231. The molecule has 18 heavy (non-hydrogen) atoms. The van der Waals surface area contributed by atoms with E-state index in [2.05, 4.69) is 31.4 Å². The number of aromatic amines is 1. The highest BCUT2D eigenvalue weighted by Gasteiger charge is 2.06. The van der Waals surface area contributed by atoms with Crippen LogP contribution >= 0.6 is 15.9 Å². The number of nitrogens with zero attached hydrogens (tertiary/aromatic N) is 1. The summed E-state index contributed by atoms with van der Waals surface area (Å²) in [5, 5.41) is 9.86. The molecule has 0 aliphatic heterocycles. The highest BCUT2D eigenvalue weighted by molar-refractivity contribution is 9.10. The van der Waals surface area contributed by atoms with Gasteiger partial charge >= 0.3 is 0 Å². The number of hydrogen-bond donors (Lipinski definition) is 2. The Bertz CT molecular complexity index is 533. The van der Waals surface area contributed by atoms with E-state index in [-0.39, 0.29) is 5.91 Å². The Hall–Kier alpha value is -1.62. The predicted octanol–water partition coefficient (Wildman–Crippen LogP) is 2.66. The van der Waals surface area contributed by atoms with Crippen LogP contribution in [0.3, 0.4) is 0 Å². The summed E-state index contributed by atoms with van der Waals surface area (Å²) in [6.45, 7) is 2.50. The molecule has 0 spiro atoms. The first kappa shape index (κ1) is 12.8. The molecule has 0 atom stereocenters. The Balaban J connectivity index is 1.93. The number of amides is 1. The molecule has 1 aromatic heterocycles. The van der Waals surface area contributed by atoms with E-state index in [9.17, 15) is 4.79 Å². The third-order valence-corrected chi connectivity index (χ3v) is 3.12. The lowest BCUT2D eigenvalue weighted by Gasteiger charge is -2.03. The summed E-state index contributed by atoms with van der Waals surface area (Å²) < 4.78 is 0.959.